The number of hydrogen-bond acceptors (Lipinski definition) is 1. The number of aliphatic hydroxyl groups is 1. The predicted molar refractivity (Wildman–Crippen MR) is 133 cm³/mol. The fourth-order valence-electron chi connectivity index (χ4n) is 9.22. The molecule has 0 aromatic rings. The second kappa shape index (κ2) is 7.61. The first-order chi connectivity index (χ1) is 14.4. The number of rotatable bonds is 3. The van der Waals surface area contributed by atoms with Gasteiger partial charge in [0.15, 0.2) is 0 Å². The molecule has 7 unspecified atom stereocenters. The zero-order valence-electron chi connectivity index (χ0n) is 21.6. The molecule has 0 amide bonds. The SMILES string of the molecule is CC(C)=CCCC(C)=C1CCC2(C)C1CCC1C3(C)C=CC(O)C(C)(C)C3CCC12C. The van der Waals surface area contributed by atoms with E-state index >= 15 is 0 Å². The van der Waals surface area contributed by atoms with E-state index in [9.17, 15) is 5.11 Å². The molecule has 174 valence electrons. The molecule has 0 aliphatic heterocycles. The molecule has 0 aromatic heterocycles. The highest BCUT2D eigenvalue weighted by Gasteiger charge is 2.67. The average Bonchev–Trinajstić information content (AvgIpc) is 3.03. The van der Waals surface area contributed by atoms with Gasteiger partial charge in [-0.15, -0.1) is 0 Å². The Bertz CT molecular complexity index is 808. The monoisotopic (exact) mass is 424 g/mol. The lowest BCUT2D eigenvalue weighted by molar-refractivity contribution is -0.179. The third-order valence-electron chi connectivity index (χ3n) is 11.3. The second-order valence-corrected chi connectivity index (χ2v) is 13.2. The Morgan fingerprint density at radius 1 is 0.968 bits per heavy atom. The van der Waals surface area contributed by atoms with E-state index in [4.69, 9.17) is 0 Å². The van der Waals surface area contributed by atoms with Gasteiger partial charge in [-0.25, -0.2) is 0 Å². The molecule has 7 atom stereocenters. The maximum Gasteiger partial charge on any atom is 0.0774 e. The van der Waals surface area contributed by atoms with E-state index < -0.39 is 0 Å². The van der Waals surface area contributed by atoms with Gasteiger partial charge in [0.05, 0.1) is 6.10 Å². The van der Waals surface area contributed by atoms with Crippen molar-refractivity contribution >= 4 is 0 Å². The molecule has 31 heavy (non-hydrogen) atoms. The predicted octanol–water partition coefficient (Wildman–Crippen LogP) is 8.26. The van der Waals surface area contributed by atoms with Crippen LogP contribution in [0.15, 0.2) is 34.9 Å². The number of allylic oxidation sites excluding steroid dienone is 5. The first kappa shape index (κ1) is 23.3. The van der Waals surface area contributed by atoms with Gasteiger partial charge in [0, 0.05) is 0 Å². The van der Waals surface area contributed by atoms with Crippen LogP contribution >= 0.6 is 0 Å². The molecule has 0 heterocycles. The first-order valence-corrected chi connectivity index (χ1v) is 13.1. The normalized spacial score (nSPS) is 47.3. The van der Waals surface area contributed by atoms with Crippen LogP contribution < -0.4 is 0 Å². The zero-order chi connectivity index (χ0) is 22.8. The fraction of sp³-hybridized carbons (Fsp3) is 0.800. The van der Waals surface area contributed by atoms with Crippen LogP contribution in [0.1, 0.15) is 107 Å². The van der Waals surface area contributed by atoms with Crippen molar-refractivity contribution in [3.63, 3.8) is 0 Å². The van der Waals surface area contributed by atoms with Crippen molar-refractivity contribution in [1.82, 2.24) is 0 Å². The molecule has 1 N–H and O–H groups in total. The van der Waals surface area contributed by atoms with Crippen molar-refractivity contribution in [2.45, 2.75) is 113 Å². The number of fused-ring (bicyclic) bond motifs is 5. The third kappa shape index (κ3) is 3.27. The van der Waals surface area contributed by atoms with E-state index in [1.54, 1.807) is 5.57 Å². The van der Waals surface area contributed by atoms with Crippen LogP contribution in [-0.2, 0) is 0 Å². The van der Waals surface area contributed by atoms with Gasteiger partial charge in [0.1, 0.15) is 0 Å². The molecule has 3 fully saturated rings. The van der Waals surface area contributed by atoms with Crippen molar-refractivity contribution in [3.8, 4) is 0 Å². The second-order valence-electron chi connectivity index (χ2n) is 13.2. The maximum atomic E-state index is 10.8. The summed E-state index contributed by atoms with van der Waals surface area (Å²) < 4.78 is 0. The van der Waals surface area contributed by atoms with E-state index in [0.29, 0.717) is 16.7 Å². The number of aliphatic hydroxyl groups excluding tert-OH is 1. The molecule has 0 spiro atoms. The average molecular weight is 425 g/mol. The summed E-state index contributed by atoms with van der Waals surface area (Å²) in [5, 5.41) is 10.8. The Kier molecular flexibility index (Phi) is 5.73. The van der Waals surface area contributed by atoms with Gasteiger partial charge in [-0.1, -0.05) is 69.6 Å². The lowest BCUT2D eigenvalue weighted by Crippen LogP contribution is -2.62. The lowest BCUT2D eigenvalue weighted by Gasteiger charge is -2.68. The first-order valence-electron chi connectivity index (χ1n) is 13.1. The molecule has 0 bridgehead atoms. The summed E-state index contributed by atoms with van der Waals surface area (Å²) in [5.74, 6) is 2.10. The van der Waals surface area contributed by atoms with Crippen LogP contribution in [-0.4, -0.2) is 11.2 Å². The van der Waals surface area contributed by atoms with E-state index in [1.807, 2.05) is 5.57 Å². The van der Waals surface area contributed by atoms with Crippen molar-refractivity contribution in [2.75, 3.05) is 0 Å². The van der Waals surface area contributed by atoms with Gasteiger partial charge in [0.25, 0.3) is 0 Å². The zero-order valence-corrected chi connectivity index (χ0v) is 21.6. The van der Waals surface area contributed by atoms with Crippen molar-refractivity contribution in [3.05, 3.63) is 34.9 Å². The highest BCUT2D eigenvalue weighted by atomic mass is 16.3. The van der Waals surface area contributed by atoms with Crippen LogP contribution in [0.4, 0.5) is 0 Å². The molecule has 1 nitrogen and oxygen atoms in total. The highest BCUT2D eigenvalue weighted by molar-refractivity contribution is 5.30. The van der Waals surface area contributed by atoms with E-state index in [2.05, 4.69) is 73.6 Å². The highest BCUT2D eigenvalue weighted by Crippen LogP contribution is 2.74. The van der Waals surface area contributed by atoms with Gasteiger partial charge >= 0.3 is 0 Å². The molecule has 0 radical (unpaired) electrons. The third-order valence-corrected chi connectivity index (χ3v) is 11.3. The van der Waals surface area contributed by atoms with E-state index in [-0.39, 0.29) is 16.9 Å². The Labute approximate surface area is 192 Å². The summed E-state index contributed by atoms with van der Waals surface area (Å²) in [6.45, 7) is 19.4. The van der Waals surface area contributed by atoms with Gasteiger partial charge in [-0.2, -0.15) is 0 Å². The molecule has 0 aromatic carbocycles. The molecule has 1 heteroatoms. The number of hydrogen-bond donors (Lipinski definition) is 1. The van der Waals surface area contributed by atoms with Gasteiger partial charge < -0.3 is 5.11 Å². The summed E-state index contributed by atoms with van der Waals surface area (Å²) in [5.41, 5.74) is 5.97. The molecule has 4 rings (SSSR count). The minimum atomic E-state index is -0.300. The fourth-order valence-corrected chi connectivity index (χ4v) is 9.22. The smallest absolute Gasteiger partial charge is 0.0774 e. The van der Waals surface area contributed by atoms with Crippen molar-refractivity contribution in [1.29, 1.82) is 0 Å². The topological polar surface area (TPSA) is 20.2 Å². The lowest BCUT2D eigenvalue weighted by atomic mass is 9.36. The molecule has 3 saturated carbocycles. The summed E-state index contributed by atoms with van der Waals surface area (Å²) in [6, 6.07) is 0. The van der Waals surface area contributed by atoms with Crippen LogP contribution in [0.3, 0.4) is 0 Å². The summed E-state index contributed by atoms with van der Waals surface area (Å²) in [4.78, 5) is 0. The maximum absolute atomic E-state index is 10.8. The van der Waals surface area contributed by atoms with Crippen LogP contribution in [0, 0.1) is 39.4 Å². The largest absolute Gasteiger partial charge is 0.388 e. The Hall–Kier alpha value is -0.820. The molecule has 0 saturated heterocycles. The van der Waals surface area contributed by atoms with Gasteiger partial charge in [-0.3, -0.25) is 0 Å². The van der Waals surface area contributed by atoms with Crippen molar-refractivity contribution in [2.24, 2.45) is 39.4 Å². The van der Waals surface area contributed by atoms with Crippen molar-refractivity contribution < 1.29 is 5.11 Å². The summed E-state index contributed by atoms with van der Waals surface area (Å²) in [7, 11) is 0. The minimum Gasteiger partial charge on any atom is -0.388 e. The van der Waals surface area contributed by atoms with E-state index in [0.717, 1.165) is 11.8 Å². The van der Waals surface area contributed by atoms with Gasteiger partial charge in [0.2, 0.25) is 0 Å². The molecular formula is C30H48O. The molecule has 4 aliphatic rings. The van der Waals surface area contributed by atoms with Crippen LogP contribution in [0.25, 0.3) is 0 Å². The Balaban J connectivity index is 1.66. The van der Waals surface area contributed by atoms with Crippen LogP contribution in [0.5, 0.6) is 0 Å². The molecular weight excluding hydrogens is 376 g/mol. The Morgan fingerprint density at radius 3 is 2.35 bits per heavy atom. The quantitative estimate of drug-likeness (QED) is 0.452. The van der Waals surface area contributed by atoms with E-state index in [1.165, 1.54) is 56.9 Å². The Morgan fingerprint density at radius 2 is 1.68 bits per heavy atom. The summed E-state index contributed by atoms with van der Waals surface area (Å²) in [6.07, 6.45) is 17.1. The minimum absolute atomic E-state index is 0.0230. The molecule has 4 aliphatic carbocycles. The van der Waals surface area contributed by atoms with Crippen LogP contribution in [0.2, 0.25) is 0 Å². The standard InChI is InChI=1S/C30H48O/c1-20(2)10-9-11-21(3)22-14-18-29(7)23(22)12-13-25-28(6)17-16-26(31)27(4,5)24(28)15-19-30(25,29)8/h10,16-17,23-26,31H,9,11-15,18-19H2,1-8H3. The summed E-state index contributed by atoms with van der Waals surface area (Å²) >= 11 is 0. The van der Waals surface area contributed by atoms with Gasteiger partial charge in [-0.05, 0) is 112 Å².